The summed E-state index contributed by atoms with van der Waals surface area (Å²) in [5, 5.41) is 3.40. The summed E-state index contributed by atoms with van der Waals surface area (Å²) in [5.41, 5.74) is 1.27. The number of anilines is 1. The van der Waals surface area contributed by atoms with Gasteiger partial charge in [-0.2, -0.15) is 0 Å². The molecule has 0 bridgehead atoms. The fraction of sp³-hybridized carbons (Fsp3) is 0.545. The maximum absolute atomic E-state index is 5.21. The molecule has 0 unspecified atom stereocenters. The summed E-state index contributed by atoms with van der Waals surface area (Å²) in [7, 11) is 0. The first kappa shape index (κ1) is 9.12. The van der Waals surface area contributed by atoms with Crippen molar-refractivity contribution in [2.45, 2.75) is 12.0 Å². The van der Waals surface area contributed by atoms with Gasteiger partial charge in [-0.05, 0) is 6.07 Å². The molecule has 0 amide bonds. The van der Waals surface area contributed by atoms with E-state index < -0.39 is 0 Å². The number of pyridine rings is 1. The van der Waals surface area contributed by atoms with Gasteiger partial charge in [-0.3, -0.25) is 0 Å². The van der Waals surface area contributed by atoms with Crippen molar-refractivity contribution < 1.29 is 9.47 Å². The lowest BCUT2D eigenvalue weighted by molar-refractivity contribution is 0.00786. The lowest BCUT2D eigenvalue weighted by Gasteiger charge is -2.31. The summed E-state index contributed by atoms with van der Waals surface area (Å²) < 4.78 is 10.3. The average Bonchev–Trinajstić information content (AvgIpc) is 2.11. The van der Waals surface area contributed by atoms with E-state index in [0.717, 1.165) is 32.2 Å². The van der Waals surface area contributed by atoms with Crippen LogP contribution in [0.1, 0.15) is 11.5 Å². The van der Waals surface area contributed by atoms with Crippen molar-refractivity contribution in [2.75, 3.05) is 31.7 Å². The number of ether oxygens (including phenoxy) is 2. The van der Waals surface area contributed by atoms with Crippen LogP contribution in [0.25, 0.3) is 0 Å². The van der Waals surface area contributed by atoms with Gasteiger partial charge in [-0.25, -0.2) is 4.98 Å². The van der Waals surface area contributed by atoms with Crippen LogP contribution >= 0.6 is 0 Å². The van der Waals surface area contributed by atoms with E-state index in [-0.39, 0.29) is 0 Å². The summed E-state index contributed by atoms with van der Waals surface area (Å²) >= 11 is 0. The molecule has 1 aromatic rings. The van der Waals surface area contributed by atoms with Crippen LogP contribution in [0.3, 0.4) is 0 Å². The highest BCUT2D eigenvalue weighted by molar-refractivity contribution is 5.47. The van der Waals surface area contributed by atoms with Crippen LogP contribution in [0.2, 0.25) is 0 Å². The van der Waals surface area contributed by atoms with Gasteiger partial charge in [-0.15, -0.1) is 0 Å². The van der Waals surface area contributed by atoms with Gasteiger partial charge in [0.2, 0.25) is 0 Å². The number of hydrogen-bond donors (Lipinski definition) is 1. The van der Waals surface area contributed by atoms with E-state index >= 15 is 0 Å². The van der Waals surface area contributed by atoms with Crippen LogP contribution in [0.5, 0.6) is 0 Å². The second kappa shape index (κ2) is 3.79. The van der Waals surface area contributed by atoms with Gasteiger partial charge in [0.25, 0.3) is 0 Å². The molecule has 3 rings (SSSR count). The molecule has 2 aliphatic heterocycles. The number of nitrogens with zero attached hydrogens (tertiary/aromatic N) is 1. The fourth-order valence-corrected chi connectivity index (χ4v) is 1.80. The topological polar surface area (TPSA) is 43.4 Å². The summed E-state index contributed by atoms with van der Waals surface area (Å²) in [6.07, 6.45) is 1.82. The summed E-state index contributed by atoms with van der Waals surface area (Å²) in [6, 6.07) is 4.54. The van der Waals surface area contributed by atoms with E-state index in [4.69, 9.17) is 9.47 Å². The third-order valence-electron chi connectivity index (χ3n) is 2.90. The molecule has 0 aliphatic carbocycles. The Balaban J connectivity index is 1.78. The number of hydrogen-bond acceptors (Lipinski definition) is 4. The summed E-state index contributed by atoms with van der Waals surface area (Å²) in [4.78, 5) is 4.38. The molecule has 0 aromatic carbocycles. The highest BCUT2D eigenvalue weighted by Crippen LogP contribution is 2.29. The van der Waals surface area contributed by atoms with Crippen LogP contribution in [-0.2, 0) is 9.47 Å². The van der Waals surface area contributed by atoms with Crippen molar-refractivity contribution in [3.05, 3.63) is 23.9 Å². The molecule has 2 fully saturated rings. The maximum atomic E-state index is 5.21. The van der Waals surface area contributed by atoms with E-state index in [9.17, 15) is 0 Å². The molecule has 80 valence electrons. The van der Waals surface area contributed by atoms with Crippen LogP contribution in [0, 0.1) is 0 Å². The highest BCUT2D eigenvalue weighted by Gasteiger charge is 2.26. The predicted molar refractivity (Wildman–Crippen MR) is 56.0 cm³/mol. The standard InChI is InChI=1S/C11H14N2O2/c1-2-10(8-4-14-5-8)11(12-3-1)13-9-6-15-7-9/h1-3,8-9H,4-7H2,(H,12,13). The van der Waals surface area contributed by atoms with Crippen molar-refractivity contribution in [1.82, 2.24) is 4.98 Å². The van der Waals surface area contributed by atoms with Gasteiger partial charge in [0, 0.05) is 17.7 Å². The number of nitrogens with one attached hydrogen (secondary N) is 1. The molecule has 4 nitrogen and oxygen atoms in total. The molecular formula is C11H14N2O2. The predicted octanol–water partition coefficient (Wildman–Crippen LogP) is 1.01. The van der Waals surface area contributed by atoms with Gasteiger partial charge < -0.3 is 14.8 Å². The lowest BCUT2D eigenvalue weighted by Crippen LogP contribution is -2.41. The normalized spacial score (nSPS) is 21.9. The molecule has 2 saturated heterocycles. The zero-order valence-corrected chi connectivity index (χ0v) is 8.48. The lowest BCUT2D eigenvalue weighted by atomic mass is 9.98. The fourth-order valence-electron chi connectivity index (χ4n) is 1.80. The van der Waals surface area contributed by atoms with Gasteiger partial charge in [0.1, 0.15) is 5.82 Å². The summed E-state index contributed by atoms with van der Waals surface area (Å²) in [6.45, 7) is 3.22. The van der Waals surface area contributed by atoms with E-state index in [1.54, 1.807) is 0 Å². The average molecular weight is 206 g/mol. The van der Waals surface area contributed by atoms with Crippen LogP contribution in [0.15, 0.2) is 18.3 Å². The highest BCUT2D eigenvalue weighted by atomic mass is 16.5. The molecule has 1 N–H and O–H groups in total. The molecule has 0 spiro atoms. The Morgan fingerprint density at radius 3 is 2.60 bits per heavy atom. The monoisotopic (exact) mass is 206 g/mol. The first-order valence-electron chi connectivity index (χ1n) is 5.30. The Morgan fingerprint density at radius 2 is 2.00 bits per heavy atom. The van der Waals surface area contributed by atoms with Crippen molar-refractivity contribution in [1.29, 1.82) is 0 Å². The van der Waals surface area contributed by atoms with Gasteiger partial charge in [-0.1, -0.05) is 6.07 Å². The molecule has 2 aliphatic rings. The Labute approximate surface area is 88.6 Å². The molecule has 0 saturated carbocycles. The third-order valence-corrected chi connectivity index (χ3v) is 2.90. The first-order chi connectivity index (χ1) is 7.43. The molecule has 0 atom stereocenters. The Kier molecular flexibility index (Phi) is 2.31. The van der Waals surface area contributed by atoms with Crippen LogP contribution < -0.4 is 5.32 Å². The largest absolute Gasteiger partial charge is 0.380 e. The second-order valence-corrected chi connectivity index (χ2v) is 4.05. The Hall–Kier alpha value is -1.13. The molecular weight excluding hydrogens is 192 g/mol. The van der Waals surface area contributed by atoms with Crippen molar-refractivity contribution in [3.8, 4) is 0 Å². The molecule has 4 heteroatoms. The molecule has 15 heavy (non-hydrogen) atoms. The SMILES string of the molecule is c1cnc(NC2COC2)c(C2COC2)c1. The zero-order valence-electron chi connectivity index (χ0n) is 8.48. The van der Waals surface area contributed by atoms with Crippen molar-refractivity contribution in [3.63, 3.8) is 0 Å². The van der Waals surface area contributed by atoms with Crippen molar-refractivity contribution >= 4 is 5.82 Å². The van der Waals surface area contributed by atoms with Gasteiger partial charge in [0.05, 0.1) is 32.5 Å². The minimum atomic E-state index is 0.430. The van der Waals surface area contributed by atoms with E-state index in [1.165, 1.54) is 5.56 Å². The zero-order chi connectivity index (χ0) is 10.1. The molecule has 3 heterocycles. The van der Waals surface area contributed by atoms with Crippen LogP contribution in [-0.4, -0.2) is 37.5 Å². The summed E-state index contributed by atoms with van der Waals surface area (Å²) in [5.74, 6) is 1.52. The molecule has 0 radical (unpaired) electrons. The maximum Gasteiger partial charge on any atom is 0.129 e. The van der Waals surface area contributed by atoms with Crippen LogP contribution in [0.4, 0.5) is 5.82 Å². The van der Waals surface area contributed by atoms with Gasteiger partial charge in [0.15, 0.2) is 0 Å². The number of aromatic nitrogens is 1. The minimum Gasteiger partial charge on any atom is -0.380 e. The van der Waals surface area contributed by atoms with Crippen molar-refractivity contribution in [2.24, 2.45) is 0 Å². The quantitative estimate of drug-likeness (QED) is 0.801. The second-order valence-electron chi connectivity index (χ2n) is 4.05. The van der Waals surface area contributed by atoms with E-state index in [0.29, 0.717) is 12.0 Å². The Morgan fingerprint density at radius 1 is 1.20 bits per heavy atom. The smallest absolute Gasteiger partial charge is 0.129 e. The molecule has 1 aromatic heterocycles. The number of rotatable bonds is 3. The van der Waals surface area contributed by atoms with E-state index in [1.807, 2.05) is 12.3 Å². The van der Waals surface area contributed by atoms with E-state index in [2.05, 4.69) is 16.4 Å². The minimum absolute atomic E-state index is 0.430. The third kappa shape index (κ3) is 1.70. The van der Waals surface area contributed by atoms with Gasteiger partial charge >= 0.3 is 0 Å². The first-order valence-corrected chi connectivity index (χ1v) is 5.30. The Bertz CT molecular complexity index is 348.